The highest BCUT2D eigenvalue weighted by atomic mass is 16.5. The summed E-state index contributed by atoms with van der Waals surface area (Å²) in [4.78, 5) is 20.5. The van der Waals surface area contributed by atoms with Gasteiger partial charge in [0.05, 0.1) is 13.2 Å². The van der Waals surface area contributed by atoms with Crippen LogP contribution in [0.4, 0.5) is 0 Å². The molecule has 0 bridgehead atoms. The number of hydrogen-bond acceptors (Lipinski definition) is 4. The van der Waals surface area contributed by atoms with Gasteiger partial charge in [0.25, 0.3) is 0 Å². The molecule has 0 aromatic heterocycles. The van der Waals surface area contributed by atoms with Crippen LogP contribution >= 0.6 is 0 Å². The fraction of sp³-hybridized carbons (Fsp3) is 0.714. The lowest BCUT2D eigenvalue weighted by Crippen LogP contribution is -2.48. The van der Waals surface area contributed by atoms with Crippen LogP contribution in [0.3, 0.4) is 0 Å². The predicted molar refractivity (Wildman–Crippen MR) is 40.9 cm³/mol. The minimum absolute atomic E-state index is 0.00347. The third kappa shape index (κ3) is 2.28. The zero-order valence-electron chi connectivity index (χ0n) is 6.73. The average Bonchev–Trinajstić information content (AvgIpc) is 2.15. The first kappa shape index (κ1) is 9.15. The standard InChI is InChI=1S/C7H11N2O3/c10-4-1-9(7-11)8-2-5-12-6-3-8/h7H,1-3,5-6H2. The summed E-state index contributed by atoms with van der Waals surface area (Å²) in [6, 6.07) is 0. The van der Waals surface area contributed by atoms with Gasteiger partial charge in [0, 0.05) is 13.1 Å². The van der Waals surface area contributed by atoms with Gasteiger partial charge < -0.3 is 4.74 Å². The molecule has 0 N–H and O–H groups in total. The molecule has 5 nitrogen and oxygen atoms in total. The van der Waals surface area contributed by atoms with Crippen molar-refractivity contribution in [2.24, 2.45) is 0 Å². The fourth-order valence-electron chi connectivity index (χ4n) is 1.08. The van der Waals surface area contributed by atoms with Crippen LogP contribution in [0.15, 0.2) is 0 Å². The Morgan fingerprint density at radius 3 is 2.67 bits per heavy atom. The van der Waals surface area contributed by atoms with Gasteiger partial charge in [0.1, 0.15) is 6.54 Å². The lowest BCUT2D eigenvalue weighted by Gasteiger charge is -2.33. The van der Waals surface area contributed by atoms with Crippen molar-refractivity contribution in [3.05, 3.63) is 0 Å². The first-order valence-electron chi connectivity index (χ1n) is 3.78. The number of nitrogens with zero attached hydrogens (tertiary/aromatic N) is 2. The van der Waals surface area contributed by atoms with E-state index in [4.69, 9.17) is 4.74 Å². The first-order valence-corrected chi connectivity index (χ1v) is 3.78. The topological polar surface area (TPSA) is 49.9 Å². The van der Waals surface area contributed by atoms with Gasteiger partial charge in [0.15, 0.2) is 0 Å². The van der Waals surface area contributed by atoms with Gasteiger partial charge in [-0.2, -0.15) is 0 Å². The summed E-state index contributed by atoms with van der Waals surface area (Å²) in [6.45, 7) is 2.51. The van der Waals surface area contributed by atoms with E-state index in [-0.39, 0.29) is 6.54 Å². The maximum Gasteiger partial charge on any atom is 0.224 e. The Kier molecular flexibility index (Phi) is 3.69. The molecule has 0 aliphatic carbocycles. The molecule has 0 spiro atoms. The average molecular weight is 171 g/mol. The van der Waals surface area contributed by atoms with E-state index in [0.717, 1.165) is 0 Å². The van der Waals surface area contributed by atoms with E-state index in [9.17, 15) is 9.59 Å². The Morgan fingerprint density at radius 1 is 1.50 bits per heavy atom. The van der Waals surface area contributed by atoms with Crippen LogP contribution in [-0.2, 0) is 14.3 Å². The van der Waals surface area contributed by atoms with E-state index in [1.807, 2.05) is 0 Å². The van der Waals surface area contributed by atoms with Crippen LogP contribution < -0.4 is 0 Å². The summed E-state index contributed by atoms with van der Waals surface area (Å²) in [5.74, 6) is 0. The summed E-state index contributed by atoms with van der Waals surface area (Å²) in [5.41, 5.74) is 0. The number of hydrazine groups is 1. The molecule has 0 aromatic rings. The summed E-state index contributed by atoms with van der Waals surface area (Å²) in [5, 5.41) is 3.09. The van der Waals surface area contributed by atoms with E-state index in [2.05, 4.69) is 0 Å². The molecule has 67 valence electrons. The predicted octanol–water partition coefficient (Wildman–Crippen LogP) is -1.20. The van der Waals surface area contributed by atoms with Gasteiger partial charge >= 0.3 is 0 Å². The summed E-state index contributed by atoms with van der Waals surface area (Å²) in [6.07, 6.45) is 2.31. The van der Waals surface area contributed by atoms with Gasteiger partial charge in [-0.3, -0.25) is 14.6 Å². The maximum absolute atomic E-state index is 10.5. The molecule has 1 radical (unpaired) electrons. The number of ether oxygens (including phenoxy) is 1. The molecule has 0 unspecified atom stereocenters. The highest BCUT2D eigenvalue weighted by Crippen LogP contribution is 1.99. The van der Waals surface area contributed by atoms with Crippen LogP contribution in [0, 0.1) is 0 Å². The maximum atomic E-state index is 10.5. The SMILES string of the molecule is O=[C]CN(C=O)N1CCOCC1. The Morgan fingerprint density at radius 2 is 2.17 bits per heavy atom. The van der Waals surface area contributed by atoms with E-state index in [1.165, 1.54) is 5.01 Å². The lowest BCUT2D eigenvalue weighted by atomic mass is 10.5. The van der Waals surface area contributed by atoms with Gasteiger partial charge in [0.2, 0.25) is 12.7 Å². The fourth-order valence-corrected chi connectivity index (χ4v) is 1.08. The molecule has 1 heterocycles. The van der Waals surface area contributed by atoms with Crippen molar-refractivity contribution in [2.75, 3.05) is 32.8 Å². The molecule has 1 amide bonds. The molecule has 1 aliphatic rings. The lowest BCUT2D eigenvalue weighted by molar-refractivity contribution is -0.140. The van der Waals surface area contributed by atoms with Crippen molar-refractivity contribution in [1.29, 1.82) is 0 Å². The molecule has 1 fully saturated rings. The Hall–Kier alpha value is -0.940. The van der Waals surface area contributed by atoms with E-state index in [1.54, 1.807) is 11.3 Å². The summed E-state index contributed by atoms with van der Waals surface area (Å²) < 4.78 is 5.09. The monoisotopic (exact) mass is 171 g/mol. The molecule has 12 heavy (non-hydrogen) atoms. The third-order valence-corrected chi connectivity index (χ3v) is 1.70. The van der Waals surface area contributed by atoms with Crippen LogP contribution in [0.25, 0.3) is 0 Å². The molecular formula is C7H11N2O3. The van der Waals surface area contributed by atoms with Crippen LogP contribution in [0.2, 0.25) is 0 Å². The molecular weight excluding hydrogens is 160 g/mol. The Balaban J connectivity index is 2.39. The normalized spacial score (nSPS) is 18.7. The second-order valence-corrected chi connectivity index (χ2v) is 2.41. The van der Waals surface area contributed by atoms with Crippen LogP contribution in [0.5, 0.6) is 0 Å². The number of morpholine rings is 1. The zero-order chi connectivity index (χ0) is 8.81. The summed E-state index contributed by atoms with van der Waals surface area (Å²) >= 11 is 0. The number of carbonyl (C=O) groups excluding carboxylic acids is 2. The highest BCUT2D eigenvalue weighted by Gasteiger charge is 2.16. The van der Waals surface area contributed by atoms with Crippen LogP contribution in [0.1, 0.15) is 0 Å². The number of hydrogen-bond donors (Lipinski definition) is 0. The molecule has 1 aliphatic heterocycles. The number of carbonyl (C=O) groups is 1. The highest BCUT2D eigenvalue weighted by molar-refractivity contribution is 5.59. The van der Waals surface area contributed by atoms with Gasteiger partial charge in [-0.1, -0.05) is 0 Å². The zero-order valence-corrected chi connectivity index (χ0v) is 6.73. The van der Waals surface area contributed by atoms with Crippen molar-refractivity contribution in [2.45, 2.75) is 0 Å². The first-order chi connectivity index (χ1) is 5.88. The van der Waals surface area contributed by atoms with Crippen molar-refractivity contribution < 1.29 is 14.3 Å². The van der Waals surface area contributed by atoms with Crippen molar-refractivity contribution >= 4 is 12.7 Å². The Labute approximate surface area is 70.8 Å². The van der Waals surface area contributed by atoms with E-state index >= 15 is 0 Å². The minimum atomic E-state index is 0.00347. The second kappa shape index (κ2) is 4.84. The van der Waals surface area contributed by atoms with Crippen molar-refractivity contribution in [1.82, 2.24) is 10.0 Å². The molecule has 5 heteroatoms. The van der Waals surface area contributed by atoms with E-state index < -0.39 is 0 Å². The van der Waals surface area contributed by atoms with Crippen LogP contribution in [-0.4, -0.2) is 55.6 Å². The largest absolute Gasteiger partial charge is 0.379 e. The van der Waals surface area contributed by atoms with Gasteiger partial charge in [-0.05, 0) is 0 Å². The Bertz CT molecular complexity index is 157. The molecule has 0 atom stereocenters. The minimum Gasteiger partial charge on any atom is -0.379 e. The quantitative estimate of drug-likeness (QED) is 0.499. The third-order valence-electron chi connectivity index (χ3n) is 1.70. The molecule has 1 rings (SSSR count). The smallest absolute Gasteiger partial charge is 0.224 e. The molecule has 1 saturated heterocycles. The van der Waals surface area contributed by atoms with Gasteiger partial charge in [-0.25, -0.2) is 5.01 Å². The summed E-state index contributed by atoms with van der Waals surface area (Å²) in [7, 11) is 0. The van der Waals surface area contributed by atoms with Crippen molar-refractivity contribution in [3.63, 3.8) is 0 Å². The molecule has 0 aromatic carbocycles. The number of rotatable bonds is 4. The number of amides is 1. The molecule has 0 saturated carbocycles. The van der Waals surface area contributed by atoms with E-state index in [0.29, 0.717) is 32.7 Å². The second-order valence-electron chi connectivity index (χ2n) is 2.41. The van der Waals surface area contributed by atoms with Gasteiger partial charge in [-0.15, -0.1) is 0 Å². The van der Waals surface area contributed by atoms with Crippen molar-refractivity contribution in [3.8, 4) is 0 Å².